The Morgan fingerprint density at radius 1 is 0.686 bits per heavy atom. The Morgan fingerprint density at radius 2 is 1.17 bits per heavy atom. The molecule has 6 aromatic heterocycles. The van der Waals surface area contributed by atoms with Crippen LogP contribution < -0.4 is 20.9 Å². The maximum atomic E-state index is 13.0. The molecule has 1 aliphatic heterocycles. The van der Waals surface area contributed by atoms with Crippen molar-refractivity contribution in [3.8, 4) is 34.5 Å². The quantitative estimate of drug-likeness (QED) is 0.0825. The van der Waals surface area contributed by atoms with Gasteiger partial charge in [-0.3, -0.25) is 23.9 Å². The van der Waals surface area contributed by atoms with Crippen molar-refractivity contribution in [1.29, 1.82) is 0 Å². The van der Waals surface area contributed by atoms with E-state index in [0.29, 0.717) is 119 Å². The molecule has 2 atom stereocenters. The first-order valence-electron chi connectivity index (χ1n) is 24.0. The number of nitrogens with two attached hydrogens (primary N) is 2. The van der Waals surface area contributed by atoms with Gasteiger partial charge >= 0.3 is 0 Å². The lowest BCUT2D eigenvalue weighted by molar-refractivity contribution is -0.0785. The van der Waals surface area contributed by atoms with Crippen LogP contribution in [-0.4, -0.2) is 137 Å². The van der Waals surface area contributed by atoms with Crippen molar-refractivity contribution in [2.75, 3.05) is 59.8 Å². The second-order valence-electron chi connectivity index (χ2n) is 17.4. The van der Waals surface area contributed by atoms with Gasteiger partial charge in [0.1, 0.15) is 46.4 Å². The van der Waals surface area contributed by atoms with Crippen molar-refractivity contribution >= 4 is 55.7 Å². The summed E-state index contributed by atoms with van der Waals surface area (Å²) in [7, 11) is 1.56. The number of rotatable bonds is 21. The number of methoxy groups -OCH3 is 1. The van der Waals surface area contributed by atoms with Crippen molar-refractivity contribution in [1.82, 2.24) is 53.5 Å². The number of ether oxygens (including phenoxy) is 5. The molecule has 20 heteroatoms. The van der Waals surface area contributed by atoms with Gasteiger partial charge in [-0.15, -0.1) is 0 Å². The van der Waals surface area contributed by atoms with Gasteiger partial charge in [-0.05, 0) is 84.4 Å². The van der Waals surface area contributed by atoms with Crippen LogP contribution in [0.4, 0.5) is 0 Å². The number of morpholine rings is 1. The normalized spacial score (nSPS) is 14.3. The van der Waals surface area contributed by atoms with Crippen molar-refractivity contribution < 1.29 is 33.3 Å². The van der Waals surface area contributed by atoms with Crippen LogP contribution in [0.15, 0.2) is 48.8 Å². The summed E-state index contributed by atoms with van der Waals surface area (Å²) >= 11 is 0. The minimum absolute atomic E-state index is 0.232. The summed E-state index contributed by atoms with van der Waals surface area (Å²) in [6, 6.07) is 10.8. The number of aryl methyl sites for hydroxylation is 4. The molecule has 2 amide bonds. The summed E-state index contributed by atoms with van der Waals surface area (Å²) in [5, 5.41) is 12.1. The Kier molecular flexibility index (Phi) is 14.1. The molecule has 1 aliphatic rings. The molecule has 1 saturated heterocycles. The molecular formula is C50H61N13O7. The number of carbonyl (C=O) groups is 2. The van der Waals surface area contributed by atoms with Crippen LogP contribution in [-0.2, 0) is 40.4 Å². The molecule has 1 fully saturated rings. The van der Waals surface area contributed by atoms with Gasteiger partial charge < -0.3 is 44.3 Å². The molecule has 7 heterocycles. The molecule has 0 radical (unpaired) electrons. The van der Waals surface area contributed by atoms with Crippen LogP contribution in [0.25, 0.3) is 66.9 Å². The van der Waals surface area contributed by atoms with Crippen molar-refractivity contribution in [3.63, 3.8) is 0 Å². The fourth-order valence-electron chi connectivity index (χ4n) is 9.66. The van der Waals surface area contributed by atoms with E-state index in [1.807, 2.05) is 67.6 Å². The van der Waals surface area contributed by atoms with Gasteiger partial charge in [0.25, 0.3) is 0 Å². The van der Waals surface area contributed by atoms with E-state index >= 15 is 0 Å². The second kappa shape index (κ2) is 20.5. The Labute approximate surface area is 404 Å². The topological polar surface area (TPSA) is 233 Å². The minimum atomic E-state index is -0.621. The number of fused-ring (bicyclic) bond motifs is 6. The molecule has 4 N–H and O–H groups in total. The van der Waals surface area contributed by atoms with E-state index in [-0.39, 0.29) is 18.7 Å². The van der Waals surface area contributed by atoms with Gasteiger partial charge in [-0.1, -0.05) is 0 Å². The van der Waals surface area contributed by atoms with Gasteiger partial charge in [-0.2, -0.15) is 10.2 Å². The number of carbonyl (C=O) groups excluding carboxylic acids is 2. The highest BCUT2D eigenvalue weighted by Gasteiger charge is 2.31. The molecule has 0 saturated carbocycles. The lowest BCUT2D eigenvalue weighted by Gasteiger charge is -2.29. The fraction of sp³-hybridized carbons (Fsp3) is 0.440. The predicted molar refractivity (Wildman–Crippen MR) is 265 cm³/mol. The predicted octanol–water partition coefficient (Wildman–Crippen LogP) is 5.68. The first-order chi connectivity index (χ1) is 33.9. The van der Waals surface area contributed by atoms with Crippen molar-refractivity contribution in [2.24, 2.45) is 11.5 Å². The largest absolute Gasteiger partial charge is 0.495 e. The van der Waals surface area contributed by atoms with Crippen molar-refractivity contribution in [3.05, 3.63) is 71.3 Å². The van der Waals surface area contributed by atoms with Gasteiger partial charge in [0, 0.05) is 91.0 Å². The third kappa shape index (κ3) is 9.26. The molecule has 2 aromatic carbocycles. The Bertz CT molecular complexity index is 3220. The Morgan fingerprint density at radius 3 is 1.63 bits per heavy atom. The van der Waals surface area contributed by atoms with Crippen LogP contribution >= 0.6 is 0 Å². The number of amides is 2. The number of nitrogens with zero attached hydrogens (tertiary/aromatic N) is 11. The van der Waals surface area contributed by atoms with E-state index < -0.39 is 24.0 Å². The third-order valence-electron chi connectivity index (χ3n) is 12.9. The van der Waals surface area contributed by atoms with E-state index in [2.05, 4.69) is 19.7 Å². The highest BCUT2D eigenvalue weighted by Crippen LogP contribution is 2.39. The SMILES string of the molecule is CCOC(Cn1c2nc(-c3cc(C)nn3CC)ncc2c2cc(C(N)=O)cc(OC)c21)C(Cn1c2nc(-c3cc(C)nn3CC)ncc2c2cc(C(N)=O)cc(OCCCN3CCOCC3)c21)OCC. The first-order valence-corrected chi connectivity index (χ1v) is 24.0. The van der Waals surface area contributed by atoms with Gasteiger partial charge in [-0.25, -0.2) is 19.9 Å². The molecule has 368 valence electrons. The monoisotopic (exact) mass is 955 g/mol. The summed E-state index contributed by atoms with van der Waals surface area (Å²) < 4.78 is 39.7. The van der Waals surface area contributed by atoms with Crippen LogP contribution in [0.1, 0.15) is 66.2 Å². The first kappa shape index (κ1) is 48.0. The summed E-state index contributed by atoms with van der Waals surface area (Å²) in [5.41, 5.74) is 18.2. The molecule has 8 aromatic rings. The van der Waals surface area contributed by atoms with Crippen LogP contribution in [0.5, 0.6) is 11.5 Å². The lowest BCUT2D eigenvalue weighted by atomic mass is 10.1. The Balaban J connectivity index is 1.21. The summed E-state index contributed by atoms with van der Waals surface area (Å²) in [4.78, 5) is 48.3. The number of hydrogen-bond acceptors (Lipinski definition) is 14. The van der Waals surface area contributed by atoms with Crippen LogP contribution in [0, 0.1) is 13.8 Å². The third-order valence-corrected chi connectivity index (χ3v) is 12.9. The maximum Gasteiger partial charge on any atom is 0.248 e. The zero-order chi connectivity index (χ0) is 49.2. The van der Waals surface area contributed by atoms with Crippen LogP contribution in [0.3, 0.4) is 0 Å². The highest BCUT2D eigenvalue weighted by molar-refractivity contribution is 6.13. The van der Waals surface area contributed by atoms with E-state index in [0.717, 1.165) is 48.8 Å². The average molecular weight is 956 g/mol. The Hall–Kier alpha value is -7.00. The number of aromatic nitrogens is 10. The molecule has 20 nitrogen and oxygen atoms in total. The summed E-state index contributed by atoms with van der Waals surface area (Å²) in [6.07, 6.45) is 3.06. The van der Waals surface area contributed by atoms with E-state index in [4.69, 9.17) is 55.1 Å². The lowest BCUT2D eigenvalue weighted by Crippen LogP contribution is -2.39. The van der Waals surface area contributed by atoms with E-state index in [9.17, 15) is 9.59 Å². The zero-order valence-corrected chi connectivity index (χ0v) is 40.9. The van der Waals surface area contributed by atoms with Crippen molar-refractivity contribution in [2.45, 2.75) is 86.4 Å². The smallest absolute Gasteiger partial charge is 0.248 e. The fourth-order valence-corrected chi connectivity index (χ4v) is 9.66. The van der Waals surface area contributed by atoms with Crippen LogP contribution in [0.2, 0.25) is 0 Å². The second-order valence-corrected chi connectivity index (χ2v) is 17.4. The summed E-state index contributed by atoms with van der Waals surface area (Å²) in [6.45, 7) is 18.6. The van der Waals surface area contributed by atoms with E-state index in [1.54, 1.807) is 43.8 Å². The zero-order valence-electron chi connectivity index (χ0n) is 40.9. The maximum absolute atomic E-state index is 13.0. The number of hydrogen-bond donors (Lipinski definition) is 2. The average Bonchev–Trinajstić information content (AvgIpc) is 4.12. The number of benzene rings is 2. The molecule has 70 heavy (non-hydrogen) atoms. The molecule has 2 unspecified atom stereocenters. The van der Waals surface area contributed by atoms with Gasteiger partial charge in [0.15, 0.2) is 11.6 Å². The minimum Gasteiger partial charge on any atom is -0.495 e. The summed E-state index contributed by atoms with van der Waals surface area (Å²) in [5.74, 6) is 0.691. The highest BCUT2D eigenvalue weighted by atomic mass is 16.5. The standard InChI is InChI=1S/C50H61N13O7/c1-8-62-37(19-29(5)57-62)47-53-25-35-33-21-31(45(51)64)23-39(66-7)43(33)60(49(35)55-47)27-41(68-10-3)42(69-11-4)28-61-44-34(36-26-54-48(56-50(36)61)38-20-30(6)58-63(38)9-2)22-32(46(52)65)24-40(44)70-16-12-13-59-14-17-67-18-15-59/h19-26,41-42H,8-18,27-28H2,1-7H3,(H2,51,64)(H2,52,65). The molecule has 0 bridgehead atoms. The molecule has 9 rings (SSSR count). The van der Waals surface area contributed by atoms with Gasteiger partial charge in [0.2, 0.25) is 11.8 Å². The molecular weight excluding hydrogens is 895 g/mol. The molecule has 0 aliphatic carbocycles. The van der Waals surface area contributed by atoms with E-state index in [1.165, 1.54) is 0 Å². The number of primary amides is 2. The van der Waals surface area contributed by atoms with Gasteiger partial charge in [0.05, 0.1) is 62.4 Å². The molecule has 0 spiro atoms.